The molecule has 1 amide bonds. The highest BCUT2D eigenvalue weighted by Crippen LogP contribution is 2.16. The van der Waals surface area contributed by atoms with Crippen LogP contribution in [0.3, 0.4) is 0 Å². The van der Waals surface area contributed by atoms with Gasteiger partial charge in [0, 0.05) is 22.3 Å². The molecule has 0 aliphatic heterocycles. The third kappa shape index (κ3) is 2.80. The Labute approximate surface area is 124 Å². The number of fused-ring (bicyclic) bond motifs is 1. The van der Waals surface area contributed by atoms with Gasteiger partial charge in [0.1, 0.15) is 6.54 Å². The molecule has 0 radical (unpaired) electrons. The third-order valence-electron chi connectivity index (χ3n) is 3.10. The second-order valence-electron chi connectivity index (χ2n) is 4.62. The lowest BCUT2D eigenvalue weighted by molar-refractivity contribution is -0.116. The SMILES string of the molecule is Nc1ccc(NC(=O)Cn2ccc3sccc3c2=O)cc1. The average molecular weight is 299 g/mol. The molecule has 0 atom stereocenters. The van der Waals surface area contributed by atoms with Crippen LogP contribution in [0.25, 0.3) is 10.1 Å². The number of carbonyl (C=O) groups excluding carboxylic acids is 1. The van der Waals surface area contributed by atoms with Crippen molar-refractivity contribution < 1.29 is 4.79 Å². The van der Waals surface area contributed by atoms with E-state index in [1.54, 1.807) is 36.5 Å². The number of nitrogens with one attached hydrogen (secondary N) is 1. The van der Waals surface area contributed by atoms with Crippen molar-refractivity contribution in [2.75, 3.05) is 11.1 Å². The molecule has 0 aliphatic rings. The van der Waals surface area contributed by atoms with Crippen molar-refractivity contribution in [1.29, 1.82) is 0 Å². The quantitative estimate of drug-likeness (QED) is 0.728. The summed E-state index contributed by atoms with van der Waals surface area (Å²) in [7, 11) is 0. The summed E-state index contributed by atoms with van der Waals surface area (Å²) in [4.78, 5) is 24.2. The number of hydrogen-bond donors (Lipinski definition) is 2. The first-order valence-electron chi connectivity index (χ1n) is 6.35. The predicted molar refractivity (Wildman–Crippen MR) is 85.6 cm³/mol. The number of pyridine rings is 1. The lowest BCUT2D eigenvalue weighted by Gasteiger charge is -2.07. The molecule has 3 N–H and O–H groups in total. The van der Waals surface area contributed by atoms with Gasteiger partial charge in [-0.05, 0) is 41.8 Å². The molecular formula is C15H13N3O2S. The minimum atomic E-state index is -0.253. The first-order valence-corrected chi connectivity index (χ1v) is 7.23. The molecule has 3 aromatic rings. The van der Waals surface area contributed by atoms with E-state index in [2.05, 4.69) is 5.32 Å². The lowest BCUT2D eigenvalue weighted by Crippen LogP contribution is -2.26. The first-order chi connectivity index (χ1) is 10.1. The molecular weight excluding hydrogens is 286 g/mol. The standard InChI is InChI=1S/C15H13N3O2S/c16-10-1-3-11(4-2-10)17-14(19)9-18-7-5-13-12(15(18)20)6-8-21-13/h1-8H,9,16H2,(H,17,19). The summed E-state index contributed by atoms with van der Waals surface area (Å²) in [5.74, 6) is -0.253. The number of hydrogen-bond acceptors (Lipinski definition) is 4. The van der Waals surface area contributed by atoms with E-state index in [1.807, 2.05) is 11.4 Å². The van der Waals surface area contributed by atoms with E-state index in [9.17, 15) is 9.59 Å². The first kappa shape index (κ1) is 13.4. The number of carbonyl (C=O) groups is 1. The summed E-state index contributed by atoms with van der Waals surface area (Å²) >= 11 is 1.51. The molecule has 21 heavy (non-hydrogen) atoms. The van der Waals surface area contributed by atoms with Crippen molar-refractivity contribution in [2.45, 2.75) is 6.54 Å². The van der Waals surface area contributed by atoms with E-state index in [-0.39, 0.29) is 18.0 Å². The largest absolute Gasteiger partial charge is 0.399 e. The van der Waals surface area contributed by atoms with E-state index >= 15 is 0 Å². The van der Waals surface area contributed by atoms with Gasteiger partial charge in [0.15, 0.2) is 0 Å². The molecule has 1 aromatic carbocycles. The van der Waals surface area contributed by atoms with Crippen LogP contribution >= 0.6 is 11.3 Å². The van der Waals surface area contributed by atoms with Gasteiger partial charge in [-0.3, -0.25) is 9.59 Å². The Kier molecular flexibility index (Phi) is 3.45. The number of aromatic nitrogens is 1. The Hall–Kier alpha value is -2.60. The van der Waals surface area contributed by atoms with Crippen LogP contribution in [0.5, 0.6) is 0 Å². The molecule has 3 rings (SSSR count). The minimum Gasteiger partial charge on any atom is -0.399 e. The highest BCUT2D eigenvalue weighted by molar-refractivity contribution is 7.17. The number of nitrogens with two attached hydrogens (primary N) is 1. The van der Waals surface area contributed by atoms with E-state index in [0.29, 0.717) is 16.8 Å². The number of nitrogens with zero attached hydrogens (tertiary/aromatic N) is 1. The highest BCUT2D eigenvalue weighted by Gasteiger charge is 2.08. The predicted octanol–water partition coefficient (Wildman–Crippen LogP) is 2.28. The maximum atomic E-state index is 12.2. The van der Waals surface area contributed by atoms with Crippen LogP contribution < -0.4 is 16.6 Å². The normalized spacial score (nSPS) is 10.7. The maximum absolute atomic E-state index is 12.2. The van der Waals surface area contributed by atoms with Gasteiger partial charge in [0.2, 0.25) is 5.91 Å². The van der Waals surface area contributed by atoms with Crippen LogP contribution in [-0.4, -0.2) is 10.5 Å². The number of rotatable bonds is 3. The average Bonchev–Trinajstić information content (AvgIpc) is 2.94. The van der Waals surface area contributed by atoms with Crippen molar-refractivity contribution in [1.82, 2.24) is 4.57 Å². The zero-order valence-corrected chi connectivity index (χ0v) is 11.9. The van der Waals surface area contributed by atoms with Crippen molar-refractivity contribution >= 4 is 38.7 Å². The topological polar surface area (TPSA) is 77.1 Å². The van der Waals surface area contributed by atoms with Gasteiger partial charge >= 0.3 is 0 Å². The number of anilines is 2. The monoisotopic (exact) mass is 299 g/mol. The van der Waals surface area contributed by atoms with Crippen LogP contribution in [0.1, 0.15) is 0 Å². The van der Waals surface area contributed by atoms with Gasteiger partial charge in [-0.15, -0.1) is 11.3 Å². The fourth-order valence-electron chi connectivity index (χ4n) is 2.05. The number of nitrogen functional groups attached to an aromatic ring is 1. The van der Waals surface area contributed by atoms with Gasteiger partial charge in [0.25, 0.3) is 5.56 Å². The van der Waals surface area contributed by atoms with Crippen molar-refractivity contribution in [3.05, 3.63) is 58.3 Å². The molecule has 0 aliphatic carbocycles. The smallest absolute Gasteiger partial charge is 0.259 e. The second kappa shape index (κ2) is 5.41. The summed E-state index contributed by atoms with van der Waals surface area (Å²) in [5.41, 5.74) is 6.72. The van der Waals surface area contributed by atoms with Crippen molar-refractivity contribution in [3.63, 3.8) is 0 Å². The minimum absolute atomic E-state index is 0.0189. The fourth-order valence-corrected chi connectivity index (χ4v) is 2.83. The van der Waals surface area contributed by atoms with Gasteiger partial charge in [0.05, 0.1) is 5.39 Å². The Morgan fingerprint density at radius 2 is 1.95 bits per heavy atom. The summed E-state index contributed by atoms with van der Waals surface area (Å²) < 4.78 is 2.33. The van der Waals surface area contributed by atoms with Crippen LogP contribution in [0.2, 0.25) is 0 Å². The molecule has 6 heteroatoms. The summed E-state index contributed by atoms with van der Waals surface area (Å²) in [6.45, 7) is -0.0189. The molecule has 0 saturated heterocycles. The molecule has 0 unspecified atom stereocenters. The Morgan fingerprint density at radius 1 is 1.19 bits per heavy atom. The zero-order chi connectivity index (χ0) is 14.8. The summed E-state index contributed by atoms with van der Waals surface area (Å²) in [6, 6.07) is 10.5. The second-order valence-corrected chi connectivity index (χ2v) is 5.57. The number of benzene rings is 1. The number of amides is 1. The van der Waals surface area contributed by atoms with E-state index in [4.69, 9.17) is 5.73 Å². The van der Waals surface area contributed by atoms with Gasteiger partial charge in [-0.25, -0.2) is 0 Å². The highest BCUT2D eigenvalue weighted by atomic mass is 32.1. The lowest BCUT2D eigenvalue weighted by atomic mass is 10.3. The molecule has 106 valence electrons. The van der Waals surface area contributed by atoms with E-state index in [1.165, 1.54) is 15.9 Å². The molecule has 0 bridgehead atoms. The Morgan fingerprint density at radius 3 is 2.71 bits per heavy atom. The maximum Gasteiger partial charge on any atom is 0.259 e. The van der Waals surface area contributed by atoms with Crippen LogP contribution in [0.4, 0.5) is 11.4 Å². The summed E-state index contributed by atoms with van der Waals surface area (Å²) in [5, 5.41) is 5.24. The zero-order valence-electron chi connectivity index (χ0n) is 11.1. The van der Waals surface area contributed by atoms with Crippen LogP contribution in [0.15, 0.2) is 52.8 Å². The molecule has 0 fully saturated rings. The van der Waals surface area contributed by atoms with Gasteiger partial charge in [-0.1, -0.05) is 0 Å². The van der Waals surface area contributed by atoms with Gasteiger partial charge in [-0.2, -0.15) is 0 Å². The summed E-state index contributed by atoms with van der Waals surface area (Å²) in [6.07, 6.45) is 1.64. The van der Waals surface area contributed by atoms with E-state index in [0.717, 1.165) is 4.70 Å². The van der Waals surface area contributed by atoms with Crippen molar-refractivity contribution in [2.24, 2.45) is 0 Å². The van der Waals surface area contributed by atoms with Crippen LogP contribution in [-0.2, 0) is 11.3 Å². The molecule has 5 nitrogen and oxygen atoms in total. The number of thiophene rings is 1. The molecule has 0 spiro atoms. The third-order valence-corrected chi connectivity index (χ3v) is 3.98. The molecule has 0 saturated carbocycles. The van der Waals surface area contributed by atoms with Crippen molar-refractivity contribution in [3.8, 4) is 0 Å². The van der Waals surface area contributed by atoms with E-state index < -0.39 is 0 Å². The fraction of sp³-hybridized carbons (Fsp3) is 0.0667. The molecule has 2 aromatic heterocycles. The van der Waals surface area contributed by atoms with Crippen LogP contribution in [0, 0.1) is 0 Å². The molecule has 2 heterocycles. The Bertz CT molecular complexity index is 849. The van der Waals surface area contributed by atoms with Gasteiger partial charge < -0.3 is 15.6 Å². The Balaban J connectivity index is 1.78.